The van der Waals surface area contributed by atoms with Crippen LogP contribution < -0.4 is 10.4 Å². The van der Waals surface area contributed by atoms with Crippen LogP contribution in [0.5, 0.6) is 0 Å². The Morgan fingerprint density at radius 3 is 1.09 bits per heavy atom. The summed E-state index contributed by atoms with van der Waals surface area (Å²) in [6, 6.07) is 20.9. The van der Waals surface area contributed by atoms with Crippen molar-refractivity contribution in [1.29, 1.82) is 0 Å². The van der Waals surface area contributed by atoms with Crippen molar-refractivity contribution in [1.82, 2.24) is 0 Å². The highest BCUT2D eigenvalue weighted by atomic mass is 33.1. The molecule has 0 aliphatic rings. The average molecular weight is 511 g/mol. The summed E-state index contributed by atoms with van der Waals surface area (Å²) in [4.78, 5) is 0.367. The molecule has 0 aromatic heterocycles. The maximum Gasteiger partial charge on any atom is 0.386 e. The van der Waals surface area contributed by atoms with Crippen LogP contribution in [0.2, 0.25) is 0 Å². The maximum absolute atomic E-state index is 6.45. The Morgan fingerprint density at radius 2 is 0.844 bits per heavy atom. The second-order valence-corrected chi connectivity index (χ2v) is 17.8. The van der Waals surface area contributed by atoms with E-state index in [2.05, 4.69) is 62.4 Å². The van der Waals surface area contributed by atoms with Crippen LogP contribution >= 0.6 is 21.6 Å². The van der Waals surface area contributed by atoms with E-state index in [1.165, 1.54) is 10.4 Å². The Kier molecular flexibility index (Phi) is 12.1. The van der Waals surface area contributed by atoms with E-state index in [0.29, 0.717) is 26.4 Å². The lowest BCUT2D eigenvalue weighted by Crippen LogP contribution is -2.62. The Bertz CT molecular complexity index is 690. The van der Waals surface area contributed by atoms with Gasteiger partial charge in [0.1, 0.15) is 0 Å². The zero-order chi connectivity index (χ0) is 23.5. The molecule has 0 heterocycles. The molecule has 0 aliphatic carbocycles. The van der Waals surface area contributed by atoms with Gasteiger partial charge >= 0.3 is 17.1 Å². The Hall–Kier alpha value is -0.586. The highest BCUT2D eigenvalue weighted by Gasteiger charge is 2.50. The van der Waals surface area contributed by atoms with Crippen molar-refractivity contribution >= 4 is 49.1 Å². The summed E-state index contributed by atoms with van der Waals surface area (Å²) in [6.45, 7) is 15.2. The van der Waals surface area contributed by atoms with E-state index < -0.39 is 17.1 Å². The quantitative estimate of drug-likeness (QED) is 0.246. The second kappa shape index (κ2) is 14.0. The van der Waals surface area contributed by atoms with E-state index in [4.69, 9.17) is 17.7 Å². The minimum atomic E-state index is -2.64. The fraction of sp³-hybridized carbons (Fsp3) is 0.500. The van der Waals surface area contributed by atoms with Crippen molar-refractivity contribution < 1.29 is 17.7 Å². The number of hydrogen-bond acceptors (Lipinski definition) is 6. The summed E-state index contributed by atoms with van der Waals surface area (Å²) in [5.41, 5.74) is 0. The molecule has 2 unspecified atom stereocenters. The van der Waals surface area contributed by atoms with Crippen molar-refractivity contribution in [3.63, 3.8) is 0 Å². The van der Waals surface area contributed by atoms with Gasteiger partial charge in [-0.1, -0.05) is 96.1 Å². The van der Waals surface area contributed by atoms with Crippen molar-refractivity contribution in [3.8, 4) is 0 Å². The normalized spacial score (nSPS) is 14.3. The zero-order valence-corrected chi connectivity index (χ0v) is 23.8. The first-order valence-electron chi connectivity index (χ1n) is 11.5. The van der Waals surface area contributed by atoms with Crippen LogP contribution in [0, 0.1) is 0 Å². The lowest BCUT2D eigenvalue weighted by atomic mass is 10.4. The standard InChI is InChI=1S/C24H38O4S2Si2/c1-7-25-31(26-8-2,23-17-13-11-14-18-23)21(5)29-30-22(6)32(27-9-3,28-10-4)24-19-15-12-16-20-24/h11-22H,7-10H2,1-6H3. The lowest BCUT2D eigenvalue weighted by molar-refractivity contribution is 0.194. The van der Waals surface area contributed by atoms with E-state index in [1.807, 2.05) is 61.4 Å². The van der Waals surface area contributed by atoms with Gasteiger partial charge in [-0.25, -0.2) is 0 Å². The summed E-state index contributed by atoms with van der Waals surface area (Å²) < 4.78 is 25.8. The van der Waals surface area contributed by atoms with Crippen LogP contribution in [0.15, 0.2) is 60.7 Å². The van der Waals surface area contributed by atoms with Crippen LogP contribution in [0.3, 0.4) is 0 Å². The zero-order valence-electron chi connectivity index (χ0n) is 20.2. The van der Waals surface area contributed by atoms with Crippen molar-refractivity contribution in [2.24, 2.45) is 0 Å². The van der Waals surface area contributed by atoms with Gasteiger partial charge in [-0.3, -0.25) is 0 Å². The van der Waals surface area contributed by atoms with Gasteiger partial charge in [-0.2, -0.15) is 0 Å². The molecule has 0 saturated heterocycles. The molecule has 32 heavy (non-hydrogen) atoms. The van der Waals surface area contributed by atoms with Gasteiger partial charge in [-0.15, -0.1) is 0 Å². The van der Waals surface area contributed by atoms with Gasteiger partial charge in [0.25, 0.3) is 0 Å². The summed E-state index contributed by atoms with van der Waals surface area (Å²) in [7, 11) is -1.60. The third-order valence-corrected chi connectivity index (χ3v) is 18.8. The highest BCUT2D eigenvalue weighted by Crippen LogP contribution is 2.39. The van der Waals surface area contributed by atoms with E-state index >= 15 is 0 Å². The van der Waals surface area contributed by atoms with Crippen LogP contribution in [0.4, 0.5) is 0 Å². The predicted octanol–water partition coefficient (Wildman–Crippen LogP) is 5.07. The molecule has 178 valence electrons. The number of benzene rings is 2. The number of rotatable bonds is 15. The Morgan fingerprint density at radius 1 is 0.562 bits per heavy atom. The first kappa shape index (κ1) is 27.7. The molecule has 0 saturated carbocycles. The summed E-state index contributed by atoms with van der Waals surface area (Å²) >= 11 is 0. The Labute approximate surface area is 204 Å². The topological polar surface area (TPSA) is 36.9 Å². The van der Waals surface area contributed by atoms with Gasteiger partial charge in [0, 0.05) is 26.4 Å². The SMILES string of the molecule is CCO[Si](OCC)(c1ccccc1)C(C)SSC(C)[Si](OCC)(OCC)c1ccccc1. The molecule has 0 N–H and O–H groups in total. The first-order chi connectivity index (χ1) is 15.5. The van der Waals surface area contributed by atoms with Crippen molar-refractivity contribution in [2.45, 2.75) is 51.3 Å². The van der Waals surface area contributed by atoms with E-state index in [9.17, 15) is 0 Å². The third kappa shape index (κ3) is 6.51. The largest absolute Gasteiger partial charge is 0.391 e. The molecule has 0 amide bonds. The van der Waals surface area contributed by atoms with E-state index in [-0.39, 0.29) is 9.75 Å². The molecule has 2 aromatic carbocycles. The molecule has 0 aliphatic heterocycles. The van der Waals surface area contributed by atoms with Gasteiger partial charge in [0.15, 0.2) is 0 Å². The molecule has 4 nitrogen and oxygen atoms in total. The van der Waals surface area contributed by atoms with Crippen LogP contribution in [0.25, 0.3) is 0 Å². The molecule has 2 atom stereocenters. The molecular formula is C24H38O4S2Si2. The molecule has 2 aromatic rings. The molecule has 0 spiro atoms. The highest BCUT2D eigenvalue weighted by molar-refractivity contribution is 8.77. The first-order valence-corrected chi connectivity index (χ1v) is 17.6. The molecular weight excluding hydrogens is 473 g/mol. The van der Waals surface area contributed by atoms with E-state index in [0.717, 1.165) is 0 Å². The van der Waals surface area contributed by atoms with Crippen LogP contribution in [-0.2, 0) is 17.7 Å². The van der Waals surface area contributed by atoms with Crippen molar-refractivity contribution in [3.05, 3.63) is 60.7 Å². The molecule has 8 heteroatoms. The Balaban J connectivity index is 2.31. The van der Waals surface area contributed by atoms with Gasteiger partial charge < -0.3 is 17.7 Å². The third-order valence-electron chi connectivity index (χ3n) is 5.20. The summed E-state index contributed by atoms with van der Waals surface area (Å²) in [6.07, 6.45) is 0. The second-order valence-electron chi connectivity index (χ2n) is 7.28. The molecule has 2 rings (SSSR count). The van der Waals surface area contributed by atoms with E-state index in [1.54, 1.807) is 0 Å². The van der Waals surface area contributed by atoms with Gasteiger partial charge in [0.05, 0.1) is 9.75 Å². The maximum atomic E-state index is 6.45. The minimum absolute atomic E-state index is 0.183. The summed E-state index contributed by atoms with van der Waals surface area (Å²) in [5, 5.41) is 2.36. The fourth-order valence-corrected chi connectivity index (χ4v) is 16.8. The predicted molar refractivity (Wildman–Crippen MR) is 144 cm³/mol. The molecule has 0 radical (unpaired) electrons. The minimum Gasteiger partial charge on any atom is -0.391 e. The molecule has 0 bridgehead atoms. The fourth-order valence-electron chi connectivity index (χ4n) is 3.85. The smallest absolute Gasteiger partial charge is 0.386 e. The monoisotopic (exact) mass is 510 g/mol. The van der Waals surface area contributed by atoms with Crippen molar-refractivity contribution in [2.75, 3.05) is 26.4 Å². The molecule has 0 fully saturated rings. The van der Waals surface area contributed by atoms with Crippen LogP contribution in [0.1, 0.15) is 41.5 Å². The van der Waals surface area contributed by atoms with Gasteiger partial charge in [0.2, 0.25) is 0 Å². The summed E-state index contributed by atoms with van der Waals surface area (Å²) in [5.74, 6) is 0. The van der Waals surface area contributed by atoms with Crippen LogP contribution in [-0.4, -0.2) is 53.3 Å². The van der Waals surface area contributed by atoms with Gasteiger partial charge in [-0.05, 0) is 38.1 Å². The number of hydrogen-bond donors (Lipinski definition) is 0. The average Bonchev–Trinajstić information content (AvgIpc) is 2.83. The lowest BCUT2D eigenvalue weighted by Gasteiger charge is -2.37.